The summed E-state index contributed by atoms with van der Waals surface area (Å²) >= 11 is 6.46. The van der Waals surface area contributed by atoms with Gasteiger partial charge in [-0.15, -0.1) is 13.2 Å². The van der Waals surface area contributed by atoms with Crippen LogP contribution in [-0.4, -0.2) is 60.6 Å². The van der Waals surface area contributed by atoms with Gasteiger partial charge in [0.05, 0.1) is 35.1 Å². The van der Waals surface area contributed by atoms with Gasteiger partial charge in [0.25, 0.3) is 0 Å². The maximum atomic E-state index is 12.6. The monoisotopic (exact) mass is 490 g/mol. The summed E-state index contributed by atoms with van der Waals surface area (Å²) < 4.78 is 47.2. The first kappa shape index (κ1) is 22.8. The number of benzene rings is 2. The molecule has 0 spiro atoms. The number of alkyl halides is 3. The molecule has 4 aromatic rings. The van der Waals surface area contributed by atoms with E-state index in [1.807, 2.05) is 18.2 Å². The zero-order valence-corrected chi connectivity index (χ0v) is 18.8. The number of hydrogen-bond acceptors (Lipinski definition) is 5. The van der Waals surface area contributed by atoms with Crippen molar-refractivity contribution >= 4 is 39.1 Å². The molecular weight excluding hydrogens is 469 g/mol. The van der Waals surface area contributed by atoms with E-state index < -0.39 is 6.36 Å². The second kappa shape index (κ2) is 9.32. The molecule has 178 valence electrons. The van der Waals surface area contributed by atoms with Crippen LogP contribution in [0.5, 0.6) is 5.75 Å². The van der Waals surface area contributed by atoms with E-state index in [0.29, 0.717) is 32.8 Å². The minimum Gasteiger partial charge on any atom is -0.406 e. The average Bonchev–Trinajstić information content (AvgIpc) is 3.22. The Balaban J connectivity index is 1.46. The fourth-order valence-corrected chi connectivity index (χ4v) is 4.33. The third-order valence-electron chi connectivity index (χ3n) is 5.74. The smallest absolute Gasteiger partial charge is 0.406 e. The molecule has 0 atom stereocenters. The molecule has 0 amide bonds. The summed E-state index contributed by atoms with van der Waals surface area (Å²) in [5.41, 5.74) is 3.50. The van der Waals surface area contributed by atoms with Crippen molar-refractivity contribution in [3.8, 4) is 17.1 Å². The number of aromatic amines is 1. The number of para-hydroxylation sites is 1. The Hall–Kier alpha value is -3.01. The topological polar surface area (TPSA) is 62.4 Å². The van der Waals surface area contributed by atoms with Crippen molar-refractivity contribution in [1.82, 2.24) is 14.9 Å². The molecule has 34 heavy (non-hydrogen) atoms. The number of aromatic nitrogens is 2. The second-order valence-corrected chi connectivity index (χ2v) is 8.46. The maximum Gasteiger partial charge on any atom is 0.573 e. The quantitative estimate of drug-likeness (QED) is 0.364. The first-order chi connectivity index (χ1) is 16.4. The predicted molar refractivity (Wildman–Crippen MR) is 126 cm³/mol. The maximum absolute atomic E-state index is 12.6. The van der Waals surface area contributed by atoms with E-state index in [-0.39, 0.29) is 5.75 Å². The van der Waals surface area contributed by atoms with Gasteiger partial charge in [0, 0.05) is 48.2 Å². The molecule has 1 aliphatic rings. The normalized spacial score (nSPS) is 15.2. The SMILES string of the molecule is FC(F)(F)Oc1ccc2[nH]c(-c3cc(NCCN4CCOCC4)c4cccc(Cl)c4n3)cc2c1. The number of pyridine rings is 1. The molecular formula is C24H22ClF3N4O2. The second-order valence-electron chi connectivity index (χ2n) is 8.05. The molecule has 1 fully saturated rings. The van der Waals surface area contributed by atoms with Gasteiger partial charge in [-0.3, -0.25) is 4.90 Å². The Morgan fingerprint density at radius 3 is 2.74 bits per heavy atom. The minimum atomic E-state index is -4.74. The van der Waals surface area contributed by atoms with E-state index in [4.69, 9.17) is 21.3 Å². The highest BCUT2D eigenvalue weighted by atomic mass is 35.5. The van der Waals surface area contributed by atoms with Crippen LogP contribution in [0.4, 0.5) is 18.9 Å². The number of anilines is 1. The van der Waals surface area contributed by atoms with Crippen LogP contribution in [0.25, 0.3) is 33.2 Å². The fourth-order valence-electron chi connectivity index (χ4n) is 4.12. The minimum absolute atomic E-state index is 0.273. The first-order valence-electron chi connectivity index (χ1n) is 10.9. The molecule has 2 aromatic heterocycles. The number of hydrogen-bond donors (Lipinski definition) is 2. The Morgan fingerprint density at radius 1 is 1.12 bits per heavy atom. The standard InChI is InChI=1S/C24H22ClF3N4O2/c25-18-3-1-2-17-20(29-6-7-32-8-10-33-11-9-32)14-22(31-23(17)18)21-13-15-12-16(34-24(26,27)28)4-5-19(15)30-21/h1-5,12-14,30H,6-11H2,(H,29,31). The number of nitrogens with one attached hydrogen (secondary N) is 2. The summed E-state index contributed by atoms with van der Waals surface area (Å²) in [7, 11) is 0. The lowest BCUT2D eigenvalue weighted by Gasteiger charge is -2.26. The molecule has 6 nitrogen and oxygen atoms in total. The van der Waals surface area contributed by atoms with Crippen LogP contribution in [0.15, 0.2) is 48.5 Å². The van der Waals surface area contributed by atoms with Gasteiger partial charge < -0.3 is 19.8 Å². The van der Waals surface area contributed by atoms with Crippen molar-refractivity contribution in [3.05, 3.63) is 53.6 Å². The van der Waals surface area contributed by atoms with Gasteiger partial charge in [-0.1, -0.05) is 23.7 Å². The zero-order valence-electron chi connectivity index (χ0n) is 18.1. The average molecular weight is 491 g/mol. The van der Waals surface area contributed by atoms with Crippen LogP contribution in [0.2, 0.25) is 5.02 Å². The van der Waals surface area contributed by atoms with Crippen LogP contribution in [0.1, 0.15) is 0 Å². The summed E-state index contributed by atoms with van der Waals surface area (Å²) in [6.07, 6.45) is -4.74. The Kier molecular flexibility index (Phi) is 6.24. The first-order valence-corrected chi connectivity index (χ1v) is 11.3. The zero-order chi connectivity index (χ0) is 23.7. The van der Waals surface area contributed by atoms with Crippen molar-refractivity contribution in [1.29, 1.82) is 0 Å². The Morgan fingerprint density at radius 2 is 1.94 bits per heavy atom. The number of nitrogens with zero attached hydrogens (tertiary/aromatic N) is 2. The van der Waals surface area contributed by atoms with E-state index in [9.17, 15) is 13.2 Å². The molecule has 0 radical (unpaired) electrons. The summed E-state index contributed by atoms with van der Waals surface area (Å²) in [6.45, 7) is 4.91. The number of rotatable bonds is 6. The van der Waals surface area contributed by atoms with E-state index in [1.165, 1.54) is 12.1 Å². The highest BCUT2D eigenvalue weighted by molar-refractivity contribution is 6.35. The van der Waals surface area contributed by atoms with E-state index in [0.717, 1.165) is 50.5 Å². The predicted octanol–water partition coefficient (Wildman–Crippen LogP) is 5.68. The van der Waals surface area contributed by atoms with E-state index in [2.05, 4.69) is 19.9 Å². The van der Waals surface area contributed by atoms with E-state index >= 15 is 0 Å². The van der Waals surface area contributed by atoms with Crippen LogP contribution in [-0.2, 0) is 4.74 Å². The number of morpholine rings is 1. The third kappa shape index (κ3) is 5.06. The molecule has 0 saturated carbocycles. The number of H-pyrrole nitrogens is 1. The fraction of sp³-hybridized carbons (Fsp3) is 0.292. The van der Waals surface area contributed by atoms with Crippen molar-refractivity contribution in [3.63, 3.8) is 0 Å². The molecule has 2 aromatic carbocycles. The lowest BCUT2D eigenvalue weighted by atomic mass is 10.1. The summed E-state index contributed by atoms with van der Waals surface area (Å²) in [5, 5.41) is 5.50. The van der Waals surface area contributed by atoms with Gasteiger partial charge in [0.1, 0.15) is 5.75 Å². The summed E-state index contributed by atoms with van der Waals surface area (Å²) in [6, 6.07) is 13.5. The third-order valence-corrected chi connectivity index (χ3v) is 6.04. The van der Waals surface area contributed by atoms with Crippen molar-refractivity contribution in [2.45, 2.75) is 6.36 Å². The van der Waals surface area contributed by atoms with Crippen LogP contribution in [0, 0.1) is 0 Å². The molecule has 0 aliphatic carbocycles. The van der Waals surface area contributed by atoms with Crippen molar-refractivity contribution in [2.24, 2.45) is 0 Å². The lowest BCUT2D eigenvalue weighted by Crippen LogP contribution is -2.39. The summed E-state index contributed by atoms with van der Waals surface area (Å²) in [5.74, 6) is -0.273. The number of ether oxygens (including phenoxy) is 2. The largest absolute Gasteiger partial charge is 0.573 e. The lowest BCUT2D eigenvalue weighted by molar-refractivity contribution is -0.274. The van der Waals surface area contributed by atoms with Crippen LogP contribution in [0.3, 0.4) is 0 Å². The van der Waals surface area contributed by atoms with E-state index in [1.54, 1.807) is 18.2 Å². The molecule has 1 saturated heterocycles. The molecule has 10 heteroatoms. The molecule has 0 unspecified atom stereocenters. The van der Waals surface area contributed by atoms with Crippen molar-refractivity contribution in [2.75, 3.05) is 44.7 Å². The molecule has 2 N–H and O–H groups in total. The van der Waals surface area contributed by atoms with Gasteiger partial charge in [-0.2, -0.15) is 0 Å². The number of fused-ring (bicyclic) bond motifs is 2. The Labute approximate surface area is 198 Å². The van der Waals surface area contributed by atoms with Gasteiger partial charge in [0.2, 0.25) is 0 Å². The van der Waals surface area contributed by atoms with Gasteiger partial charge in [-0.25, -0.2) is 4.98 Å². The van der Waals surface area contributed by atoms with Gasteiger partial charge >= 0.3 is 6.36 Å². The molecule has 1 aliphatic heterocycles. The molecule has 5 rings (SSSR count). The van der Waals surface area contributed by atoms with Crippen LogP contribution >= 0.6 is 11.6 Å². The highest BCUT2D eigenvalue weighted by Crippen LogP contribution is 2.34. The molecule has 3 heterocycles. The highest BCUT2D eigenvalue weighted by Gasteiger charge is 2.31. The number of halogens is 4. The summed E-state index contributed by atoms with van der Waals surface area (Å²) in [4.78, 5) is 10.3. The Bertz CT molecular complexity index is 1320. The van der Waals surface area contributed by atoms with Gasteiger partial charge in [0.15, 0.2) is 0 Å². The van der Waals surface area contributed by atoms with Gasteiger partial charge in [-0.05, 0) is 36.4 Å². The van der Waals surface area contributed by atoms with Crippen LogP contribution < -0.4 is 10.1 Å². The molecule has 0 bridgehead atoms. The van der Waals surface area contributed by atoms with Crippen molar-refractivity contribution < 1.29 is 22.6 Å².